The molecule has 0 bridgehead atoms. The van der Waals surface area contributed by atoms with Crippen molar-refractivity contribution < 1.29 is 4.39 Å². The SMILES string of the molecule is CCCc1ccc(C#CC2(Cl)C=CC(c3ccccc3)=C(F)C2)cc1. The average molecular weight is 351 g/mol. The third kappa shape index (κ3) is 4.41. The lowest BCUT2D eigenvalue weighted by Gasteiger charge is -2.21. The topological polar surface area (TPSA) is 0 Å². The minimum Gasteiger partial charge on any atom is -0.211 e. The molecule has 1 atom stereocenters. The zero-order chi connectivity index (χ0) is 17.7. The first-order valence-corrected chi connectivity index (χ1v) is 8.92. The predicted molar refractivity (Wildman–Crippen MR) is 104 cm³/mol. The summed E-state index contributed by atoms with van der Waals surface area (Å²) in [7, 11) is 0. The Morgan fingerprint density at radius 3 is 2.44 bits per heavy atom. The maximum Gasteiger partial charge on any atom is 0.130 e. The van der Waals surface area contributed by atoms with Gasteiger partial charge in [0.05, 0.1) is 0 Å². The average Bonchev–Trinajstić information content (AvgIpc) is 2.62. The minimum atomic E-state index is -0.996. The molecule has 126 valence electrons. The molecule has 2 aromatic rings. The van der Waals surface area contributed by atoms with E-state index in [1.54, 1.807) is 12.2 Å². The molecule has 1 aliphatic rings. The third-order valence-corrected chi connectivity index (χ3v) is 4.57. The molecule has 2 heteroatoms. The Morgan fingerprint density at radius 2 is 1.80 bits per heavy atom. The predicted octanol–water partition coefficient (Wildman–Crippen LogP) is 6.31. The van der Waals surface area contributed by atoms with Gasteiger partial charge in [0.25, 0.3) is 0 Å². The number of halogens is 2. The zero-order valence-corrected chi connectivity index (χ0v) is 15.0. The van der Waals surface area contributed by atoms with Crippen molar-refractivity contribution in [1.29, 1.82) is 0 Å². The third-order valence-electron chi connectivity index (χ3n) is 4.21. The van der Waals surface area contributed by atoms with Crippen LogP contribution in [0.1, 0.15) is 36.5 Å². The fraction of sp³-hybridized carbons (Fsp3) is 0.217. The van der Waals surface area contributed by atoms with Crippen LogP contribution in [0.3, 0.4) is 0 Å². The van der Waals surface area contributed by atoms with Gasteiger partial charge < -0.3 is 0 Å². The van der Waals surface area contributed by atoms with E-state index >= 15 is 0 Å². The molecule has 0 saturated carbocycles. The number of rotatable bonds is 3. The first-order chi connectivity index (χ1) is 12.1. The van der Waals surface area contributed by atoms with E-state index in [-0.39, 0.29) is 12.2 Å². The van der Waals surface area contributed by atoms with Crippen LogP contribution in [0.5, 0.6) is 0 Å². The highest BCUT2D eigenvalue weighted by atomic mass is 35.5. The van der Waals surface area contributed by atoms with E-state index in [4.69, 9.17) is 11.6 Å². The van der Waals surface area contributed by atoms with Crippen molar-refractivity contribution in [2.75, 3.05) is 0 Å². The maximum absolute atomic E-state index is 14.6. The fourth-order valence-corrected chi connectivity index (χ4v) is 3.09. The summed E-state index contributed by atoms with van der Waals surface area (Å²) >= 11 is 6.52. The number of alkyl halides is 1. The van der Waals surface area contributed by atoms with Gasteiger partial charge in [-0.2, -0.15) is 0 Å². The van der Waals surface area contributed by atoms with Gasteiger partial charge in [0.1, 0.15) is 10.7 Å². The number of allylic oxidation sites excluding steroid dienone is 4. The van der Waals surface area contributed by atoms with E-state index in [9.17, 15) is 4.39 Å². The quantitative estimate of drug-likeness (QED) is 0.449. The van der Waals surface area contributed by atoms with Crippen molar-refractivity contribution in [3.8, 4) is 11.8 Å². The van der Waals surface area contributed by atoms with Gasteiger partial charge in [-0.25, -0.2) is 4.39 Å². The van der Waals surface area contributed by atoms with E-state index in [0.717, 1.165) is 24.0 Å². The van der Waals surface area contributed by atoms with E-state index in [2.05, 4.69) is 30.9 Å². The highest BCUT2D eigenvalue weighted by Crippen LogP contribution is 2.36. The van der Waals surface area contributed by atoms with Crippen molar-refractivity contribution in [2.24, 2.45) is 0 Å². The highest BCUT2D eigenvalue weighted by Gasteiger charge is 2.28. The summed E-state index contributed by atoms with van der Waals surface area (Å²) in [6, 6.07) is 17.6. The molecule has 0 radical (unpaired) electrons. The molecule has 2 aromatic carbocycles. The zero-order valence-electron chi connectivity index (χ0n) is 14.2. The molecular weight excluding hydrogens is 331 g/mol. The molecule has 1 unspecified atom stereocenters. The summed E-state index contributed by atoms with van der Waals surface area (Å²) in [6.45, 7) is 2.16. The molecule has 3 rings (SSSR count). The van der Waals surface area contributed by atoms with Gasteiger partial charge in [-0.15, -0.1) is 0 Å². The Balaban J connectivity index is 1.77. The van der Waals surface area contributed by atoms with Gasteiger partial charge in [-0.1, -0.05) is 91.4 Å². The summed E-state index contributed by atoms with van der Waals surface area (Å²) in [5.41, 5.74) is 3.64. The monoisotopic (exact) mass is 350 g/mol. The molecule has 1 aliphatic carbocycles. The largest absolute Gasteiger partial charge is 0.211 e. The summed E-state index contributed by atoms with van der Waals surface area (Å²) in [4.78, 5) is -0.996. The second kappa shape index (κ2) is 7.72. The van der Waals surface area contributed by atoms with Crippen LogP contribution in [-0.2, 0) is 6.42 Å². The van der Waals surface area contributed by atoms with Gasteiger partial charge >= 0.3 is 0 Å². The van der Waals surface area contributed by atoms with E-state index < -0.39 is 4.87 Å². The molecule has 0 amide bonds. The Kier molecular flexibility index (Phi) is 5.41. The molecule has 0 N–H and O–H groups in total. The molecular formula is C23H20ClF. The second-order valence-corrected chi connectivity index (χ2v) is 6.93. The van der Waals surface area contributed by atoms with Crippen LogP contribution in [0.2, 0.25) is 0 Å². The Labute approximate surface area is 154 Å². The molecule has 0 saturated heterocycles. The summed E-state index contributed by atoms with van der Waals surface area (Å²) in [6.07, 6.45) is 5.79. The van der Waals surface area contributed by atoms with Crippen molar-refractivity contribution in [3.05, 3.63) is 89.3 Å². The standard InChI is InChI=1S/C23H20ClF/c1-2-6-18-9-11-19(12-10-18)13-15-23(24)16-14-21(22(25)17-23)20-7-4-3-5-8-20/h3-5,7-12,14,16H,2,6,17H2,1H3. The van der Waals surface area contributed by atoms with Gasteiger partial charge in [0.15, 0.2) is 0 Å². The normalized spacial score (nSPS) is 19.5. The lowest BCUT2D eigenvalue weighted by Crippen LogP contribution is -2.19. The molecule has 0 aromatic heterocycles. The maximum atomic E-state index is 14.6. The van der Waals surface area contributed by atoms with Crippen molar-refractivity contribution in [1.82, 2.24) is 0 Å². The first-order valence-electron chi connectivity index (χ1n) is 8.54. The highest BCUT2D eigenvalue weighted by molar-refractivity contribution is 6.28. The molecule has 0 aliphatic heterocycles. The van der Waals surface area contributed by atoms with Crippen LogP contribution in [0.15, 0.2) is 72.6 Å². The molecule has 0 spiro atoms. The van der Waals surface area contributed by atoms with E-state index in [1.165, 1.54) is 5.56 Å². The summed E-state index contributed by atoms with van der Waals surface area (Å²) in [5, 5.41) is 0. The Morgan fingerprint density at radius 1 is 1.08 bits per heavy atom. The van der Waals surface area contributed by atoms with Gasteiger partial charge in [0, 0.05) is 17.6 Å². The number of hydrogen-bond donors (Lipinski definition) is 0. The van der Waals surface area contributed by atoms with Gasteiger partial charge in [-0.3, -0.25) is 0 Å². The smallest absolute Gasteiger partial charge is 0.130 e. The second-order valence-electron chi connectivity index (χ2n) is 6.25. The van der Waals surface area contributed by atoms with Crippen LogP contribution in [-0.4, -0.2) is 4.87 Å². The molecule has 0 fully saturated rings. The Bertz CT molecular complexity index is 850. The molecule has 0 heterocycles. The fourth-order valence-electron chi connectivity index (χ4n) is 2.86. The van der Waals surface area contributed by atoms with Crippen LogP contribution < -0.4 is 0 Å². The summed E-state index contributed by atoms with van der Waals surface area (Å²) in [5.74, 6) is 5.87. The number of aryl methyl sites for hydroxylation is 1. The van der Waals surface area contributed by atoms with Crippen molar-refractivity contribution in [3.63, 3.8) is 0 Å². The molecule has 0 nitrogen and oxygen atoms in total. The van der Waals surface area contributed by atoms with Crippen LogP contribution in [0.25, 0.3) is 5.57 Å². The van der Waals surface area contributed by atoms with Crippen LogP contribution in [0, 0.1) is 11.8 Å². The van der Waals surface area contributed by atoms with Gasteiger partial charge in [0.2, 0.25) is 0 Å². The summed E-state index contributed by atoms with van der Waals surface area (Å²) < 4.78 is 14.6. The minimum absolute atomic E-state index is 0.0796. The van der Waals surface area contributed by atoms with E-state index in [0.29, 0.717) is 5.57 Å². The number of hydrogen-bond acceptors (Lipinski definition) is 0. The Hall–Kier alpha value is -2.30. The lowest BCUT2D eigenvalue weighted by molar-refractivity contribution is 0.575. The van der Waals surface area contributed by atoms with E-state index in [1.807, 2.05) is 42.5 Å². The first kappa shape index (κ1) is 17.5. The number of benzene rings is 2. The van der Waals surface area contributed by atoms with Crippen LogP contribution in [0.4, 0.5) is 4.39 Å². The molecule has 25 heavy (non-hydrogen) atoms. The van der Waals surface area contributed by atoms with Gasteiger partial charge in [-0.05, 0) is 29.7 Å². The lowest BCUT2D eigenvalue weighted by atomic mass is 9.91. The van der Waals surface area contributed by atoms with Crippen LogP contribution >= 0.6 is 11.6 Å². The van der Waals surface area contributed by atoms with Crippen molar-refractivity contribution in [2.45, 2.75) is 31.1 Å². The van der Waals surface area contributed by atoms with Crippen molar-refractivity contribution >= 4 is 17.2 Å².